The Morgan fingerprint density at radius 2 is 1.82 bits per heavy atom. The van der Waals surface area contributed by atoms with Crippen LogP contribution in [-0.4, -0.2) is 66.2 Å². The molecule has 0 spiro atoms. The highest BCUT2D eigenvalue weighted by Crippen LogP contribution is 2.32. The van der Waals surface area contributed by atoms with Gasteiger partial charge in [-0.3, -0.25) is 4.79 Å². The lowest BCUT2D eigenvalue weighted by Crippen LogP contribution is -2.45. The molecule has 1 amide bonds. The molecule has 1 saturated heterocycles. The first kappa shape index (κ1) is 20.2. The molecule has 7 nitrogen and oxygen atoms in total. The van der Waals surface area contributed by atoms with Crippen LogP contribution in [0.3, 0.4) is 0 Å². The normalized spacial score (nSPS) is 16.6. The number of hydrogen-bond donors (Lipinski definition) is 2. The Morgan fingerprint density at radius 3 is 2.39 bits per heavy atom. The SMILES string of the molecule is CN(C)c1ncc(C(=O)NCCN2CCC(O)(c3ccc(F)cc3)CC2)cn1. The summed E-state index contributed by atoms with van der Waals surface area (Å²) in [5.41, 5.74) is 0.261. The number of piperidine rings is 1. The van der Waals surface area contributed by atoms with Gasteiger partial charge in [0.25, 0.3) is 5.91 Å². The number of hydrogen-bond acceptors (Lipinski definition) is 6. The molecule has 1 fully saturated rings. The van der Waals surface area contributed by atoms with Crippen molar-refractivity contribution in [1.82, 2.24) is 20.2 Å². The van der Waals surface area contributed by atoms with E-state index in [9.17, 15) is 14.3 Å². The van der Waals surface area contributed by atoms with E-state index in [4.69, 9.17) is 0 Å². The molecular weight excluding hydrogens is 361 g/mol. The number of carbonyl (C=O) groups excluding carboxylic acids is 1. The number of carbonyl (C=O) groups is 1. The van der Waals surface area contributed by atoms with E-state index >= 15 is 0 Å². The van der Waals surface area contributed by atoms with Crippen molar-refractivity contribution in [2.45, 2.75) is 18.4 Å². The minimum Gasteiger partial charge on any atom is -0.385 e. The van der Waals surface area contributed by atoms with Crippen LogP contribution in [0.25, 0.3) is 0 Å². The predicted octanol–water partition coefficient (Wildman–Crippen LogP) is 1.40. The largest absolute Gasteiger partial charge is 0.385 e. The van der Waals surface area contributed by atoms with Gasteiger partial charge in [0.05, 0.1) is 11.2 Å². The van der Waals surface area contributed by atoms with Crippen LogP contribution in [0.2, 0.25) is 0 Å². The molecule has 8 heteroatoms. The molecule has 0 bridgehead atoms. The van der Waals surface area contributed by atoms with Crippen molar-refractivity contribution in [3.8, 4) is 0 Å². The molecule has 1 aliphatic rings. The van der Waals surface area contributed by atoms with Gasteiger partial charge in [-0.1, -0.05) is 12.1 Å². The van der Waals surface area contributed by atoms with Crippen LogP contribution in [0.5, 0.6) is 0 Å². The number of benzene rings is 1. The fourth-order valence-corrected chi connectivity index (χ4v) is 3.29. The number of halogens is 1. The van der Waals surface area contributed by atoms with Crippen LogP contribution < -0.4 is 10.2 Å². The smallest absolute Gasteiger partial charge is 0.254 e. The Hall–Kier alpha value is -2.58. The molecule has 150 valence electrons. The average Bonchev–Trinajstić information content (AvgIpc) is 2.70. The fourth-order valence-electron chi connectivity index (χ4n) is 3.29. The first-order chi connectivity index (χ1) is 13.4. The summed E-state index contributed by atoms with van der Waals surface area (Å²) in [5.74, 6) is 0.0472. The Balaban J connectivity index is 1.44. The van der Waals surface area contributed by atoms with Crippen molar-refractivity contribution in [2.24, 2.45) is 0 Å². The summed E-state index contributed by atoms with van der Waals surface area (Å²) in [5, 5.41) is 13.7. The zero-order chi connectivity index (χ0) is 20.1. The fraction of sp³-hybridized carbons (Fsp3) is 0.450. The maximum Gasteiger partial charge on any atom is 0.254 e. The van der Waals surface area contributed by atoms with Crippen molar-refractivity contribution >= 4 is 11.9 Å². The standard InChI is InChI=1S/C20H26FN5O2/c1-25(2)19-23-13-15(14-24-19)18(27)22-9-12-26-10-7-20(28,8-11-26)16-3-5-17(21)6-4-16/h3-6,13-14,28H,7-12H2,1-2H3,(H,22,27). The zero-order valence-corrected chi connectivity index (χ0v) is 16.2. The highest BCUT2D eigenvalue weighted by atomic mass is 19.1. The number of nitrogens with zero attached hydrogens (tertiary/aromatic N) is 4. The molecule has 0 radical (unpaired) electrons. The van der Waals surface area contributed by atoms with Gasteiger partial charge in [-0.2, -0.15) is 0 Å². The van der Waals surface area contributed by atoms with Crippen LogP contribution >= 0.6 is 0 Å². The quantitative estimate of drug-likeness (QED) is 0.780. The molecular formula is C20H26FN5O2. The maximum atomic E-state index is 13.1. The van der Waals surface area contributed by atoms with E-state index in [0.717, 1.165) is 5.56 Å². The molecule has 1 aromatic heterocycles. The third kappa shape index (κ3) is 4.82. The third-order valence-corrected chi connectivity index (χ3v) is 5.08. The maximum absolute atomic E-state index is 13.1. The first-order valence-corrected chi connectivity index (χ1v) is 9.36. The van der Waals surface area contributed by atoms with Crippen LogP contribution in [0.4, 0.5) is 10.3 Å². The number of aromatic nitrogens is 2. The summed E-state index contributed by atoms with van der Waals surface area (Å²) in [6, 6.07) is 6.05. The van der Waals surface area contributed by atoms with Gasteiger partial charge in [-0.25, -0.2) is 14.4 Å². The van der Waals surface area contributed by atoms with Gasteiger partial charge in [0, 0.05) is 52.7 Å². The van der Waals surface area contributed by atoms with Gasteiger partial charge in [-0.15, -0.1) is 0 Å². The van der Waals surface area contributed by atoms with Gasteiger partial charge < -0.3 is 20.2 Å². The second kappa shape index (κ2) is 8.62. The third-order valence-electron chi connectivity index (χ3n) is 5.08. The summed E-state index contributed by atoms with van der Waals surface area (Å²) in [7, 11) is 3.68. The highest BCUT2D eigenvalue weighted by Gasteiger charge is 2.33. The van der Waals surface area contributed by atoms with Crippen molar-refractivity contribution in [3.05, 3.63) is 53.6 Å². The van der Waals surface area contributed by atoms with E-state index in [1.807, 2.05) is 14.1 Å². The molecule has 3 rings (SSSR count). The molecule has 0 aliphatic carbocycles. The van der Waals surface area contributed by atoms with Crippen molar-refractivity contribution < 1.29 is 14.3 Å². The highest BCUT2D eigenvalue weighted by molar-refractivity contribution is 5.93. The summed E-state index contributed by atoms with van der Waals surface area (Å²) in [6.45, 7) is 2.62. The van der Waals surface area contributed by atoms with E-state index in [1.54, 1.807) is 17.0 Å². The molecule has 2 heterocycles. The lowest BCUT2D eigenvalue weighted by molar-refractivity contribution is -0.0255. The molecule has 0 saturated carbocycles. The van der Waals surface area contributed by atoms with Crippen molar-refractivity contribution in [3.63, 3.8) is 0 Å². The van der Waals surface area contributed by atoms with E-state index < -0.39 is 5.60 Å². The summed E-state index contributed by atoms with van der Waals surface area (Å²) >= 11 is 0. The van der Waals surface area contributed by atoms with Crippen molar-refractivity contribution in [1.29, 1.82) is 0 Å². The summed E-state index contributed by atoms with van der Waals surface area (Å²) in [6.07, 6.45) is 4.18. The van der Waals surface area contributed by atoms with E-state index in [-0.39, 0.29) is 11.7 Å². The van der Waals surface area contributed by atoms with Crippen LogP contribution in [-0.2, 0) is 5.60 Å². The van der Waals surface area contributed by atoms with Crippen LogP contribution in [0, 0.1) is 5.82 Å². The number of likely N-dealkylation sites (tertiary alicyclic amines) is 1. The Kier molecular flexibility index (Phi) is 6.21. The number of nitrogens with one attached hydrogen (secondary N) is 1. The van der Waals surface area contributed by atoms with Gasteiger partial charge >= 0.3 is 0 Å². The number of anilines is 1. The lowest BCUT2D eigenvalue weighted by atomic mass is 9.84. The predicted molar refractivity (Wildman–Crippen MR) is 105 cm³/mol. The van der Waals surface area contributed by atoms with E-state index in [1.165, 1.54) is 24.5 Å². The lowest BCUT2D eigenvalue weighted by Gasteiger charge is -2.38. The number of amides is 1. The molecule has 0 atom stereocenters. The Labute approximate surface area is 164 Å². The second-order valence-electron chi connectivity index (χ2n) is 7.30. The van der Waals surface area contributed by atoms with Gasteiger partial charge in [0.15, 0.2) is 0 Å². The van der Waals surface area contributed by atoms with Gasteiger partial charge in [0.2, 0.25) is 5.95 Å². The van der Waals surface area contributed by atoms with E-state index in [0.29, 0.717) is 50.5 Å². The van der Waals surface area contributed by atoms with Gasteiger partial charge in [-0.05, 0) is 30.5 Å². The Morgan fingerprint density at radius 1 is 1.21 bits per heavy atom. The number of aliphatic hydroxyl groups is 1. The molecule has 0 unspecified atom stereocenters. The minimum absolute atomic E-state index is 0.204. The molecule has 28 heavy (non-hydrogen) atoms. The van der Waals surface area contributed by atoms with Crippen LogP contribution in [0.1, 0.15) is 28.8 Å². The summed E-state index contributed by atoms with van der Waals surface area (Å²) in [4.78, 5) is 24.4. The van der Waals surface area contributed by atoms with Gasteiger partial charge in [0.1, 0.15) is 5.82 Å². The monoisotopic (exact) mass is 387 g/mol. The topological polar surface area (TPSA) is 81.6 Å². The molecule has 1 aliphatic heterocycles. The summed E-state index contributed by atoms with van der Waals surface area (Å²) < 4.78 is 13.1. The van der Waals surface area contributed by atoms with E-state index in [2.05, 4.69) is 20.2 Å². The first-order valence-electron chi connectivity index (χ1n) is 9.36. The second-order valence-corrected chi connectivity index (χ2v) is 7.30. The molecule has 2 aromatic rings. The number of rotatable bonds is 6. The minimum atomic E-state index is -0.918. The van der Waals surface area contributed by atoms with Crippen LogP contribution in [0.15, 0.2) is 36.7 Å². The molecule has 1 aromatic carbocycles. The zero-order valence-electron chi connectivity index (χ0n) is 16.2. The average molecular weight is 387 g/mol. The molecule has 2 N–H and O–H groups in total. The van der Waals surface area contributed by atoms with Crippen molar-refractivity contribution in [2.75, 3.05) is 45.2 Å². The Bertz CT molecular complexity index is 787.